The molecule has 0 spiro atoms. The highest BCUT2D eigenvalue weighted by Crippen LogP contribution is 2.47. The highest BCUT2D eigenvalue weighted by atomic mass is 19.3. The van der Waals surface area contributed by atoms with Crippen LogP contribution in [0.2, 0.25) is 0 Å². The molecule has 1 saturated carbocycles. The lowest BCUT2D eigenvalue weighted by molar-refractivity contribution is -0.140. The maximum Gasteiger partial charge on any atom is 0.248 e. The normalized spacial score (nSPS) is 21.5. The minimum absolute atomic E-state index is 0.0133. The van der Waals surface area contributed by atoms with Crippen molar-refractivity contribution in [1.29, 1.82) is 0 Å². The van der Waals surface area contributed by atoms with E-state index in [0.717, 1.165) is 0 Å². The lowest BCUT2D eigenvalue weighted by Gasteiger charge is -2.39. The highest BCUT2D eigenvalue weighted by Gasteiger charge is 2.47. The van der Waals surface area contributed by atoms with Crippen molar-refractivity contribution in [2.75, 3.05) is 0 Å². The van der Waals surface area contributed by atoms with Gasteiger partial charge in [0, 0.05) is 24.2 Å². The van der Waals surface area contributed by atoms with Gasteiger partial charge in [-0.1, -0.05) is 27.7 Å². The second kappa shape index (κ2) is 3.84. The second-order valence-electron chi connectivity index (χ2n) is 5.74. The summed E-state index contributed by atoms with van der Waals surface area (Å²) in [5.74, 6) is -2.28. The molecule has 1 fully saturated rings. The summed E-state index contributed by atoms with van der Waals surface area (Å²) in [5.41, 5.74) is -0.449. The van der Waals surface area contributed by atoms with Crippen LogP contribution in [0.25, 0.3) is 0 Å². The van der Waals surface area contributed by atoms with E-state index in [-0.39, 0.29) is 30.5 Å². The molecule has 0 atom stereocenters. The van der Waals surface area contributed by atoms with Crippen LogP contribution in [0.3, 0.4) is 0 Å². The Labute approximate surface area is 90.2 Å². The Morgan fingerprint density at radius 1 is 1.40 bits per heavy atom. The summed E-state index contributed by atoms with van der Waals surface area (Å²) < 4.78 is 25.3. The van der Waals surface area contributed by atoms with Crippen LogP contribution in [-0.4, -0.2) is 11.7 Å². The Balaban J connectivity index is 2.48. The largest absolute Gasteiger partial charge is 0.299 e. The molecule has 0 bridgehead atoms. The molecule has 0 heterocycles. The Morgan fingerprint density at radius 3 is 2.20 bits per heavy atom. The first-order chi connectivity index (χ1) is 6.64. The Hall–Kier alpha value is -0.470. The van der Waals surface area contributed by atoms with Crippen LogP contribution in [0.5, 0.6) is 0 Å². The number of hydrogen-bond donors (Lipinski definition) is 0. The van der Waals surface area contributed by atoms with Crippen LogP contribution in [-0.2, 0) is 4.79 Å². The van der Waals surface area contributed by atoms with Crippen molar-refractivity contribution in [3.05, 3.63) is 0 Å². The fraction of sp³-hybridized carbons (Fsp3) is 0.917. The van der Waals surface area contributed by atoms with Crippen LogP contribution >= 0.6 is 0 Å². The molecular formula is C12H20F2O. The van der Waals surface area contributed by atoms with Crippen LogP contribution in [0, 0.1) is 17.3 Å². The van der Waals surface area contributed by atoms with Gasteiger partial charge in [-0.3, -0.25) is 4.79 Å². The molecule has 1 aliphatic rings. The standard InChI is InChI=1S/C12H20F2O/c1-8(2)10(15)11(3,4)5-9-6-12(13,14)7-9/h8-9H,5-7H2,1-4H3. The summed E-state index contributed by atoms with van der Waals surface area (Å²) in [6, 6.07) is 0. The number of carbonyl (C=O) groups excluding carboxylic acids is 1. The van der Waals surface area contributed by atoms with E-state index in [0.29, 0.717) is 6.42 Å². The quantitative estimate of drug-likeness (QED) is 0.703. The van der Waals surface area contributed by atoms with E-state index in [9.17, 15) is 13.6 Å². The van der Waals surface area contributed by atoms with Crippen LogP contribution < -0.4 is 0 Å². The third-order valence-corrected chi connectivity index (χ3v) is 3.17. The third kappa shape index (κ3) is 2.99. The Morgan fingerprint density at radius 2 is 1.87 bits per heavy atom. The first-order valence-electron chi connectivity index (χ1n) is 5.56. The molecule has 0 aromatic rings. The van der Waals surface area contributed by atoms with Crippen LogP contribution in [0.4, 0.5) is 8.78 Å². The maximum absolute atomic E-state index is 12.6. The van der Waals surface area contributed by atoms with Gasteiger partial charge in [0.25, 0.3) is 0 Å². The van der Waals surface area contributed by atoms with Crippen LogP contribution in [0.15, 0.2) is 0 Å². The topological polar surface area (TPSA) is 17.1 Å². The molecule has 0 unspecified atom stereocenters. The molecule has 0 amide bonds. The molecule has 0 radical (unpaired) electrons. The summed E-state index contributed by atoms with van der Waals surface area (Å²) in [4.78, 5) is 11.8. The molecule has 1 rings (SSSR count). The first-order valence-corrected chi connectivity index (χ1v) is 5.56. The average molecular weight is 218 g/mol. The van der Waals surface area contributed by atoms with E-state index < -0.39 is 11.3 Å². The average Bonchev–Trinajstić information content (AvgIpc) is 1.98. The van der Waals surface area contributed by atoms with Gasteiger partial charge in [0.1, 0.15) is 5.78 Å². The number of carbonyl (C=O) groups is 1. The molecule has 15 heavy (non-hydrogen) atoms. The van der Waals surface area contributed by atoms with Crippen molar-refractivity contribution in [3.8, 4) is 0 Å². The fourth-order valence-corrected chi connectivity index (χ4v) is 2.53. The molecule has 0 aromatic carbocycles. The van der Waals surface area contributed by atoms with Crippen molar-refractivity contribution < 1.29 is 13.6 Å². The van der Waals surface area contributed by atoms with E-state index in [1.165, 1.54) is 0 Å². The van der Waals surface area contributed by atoms with E-state index >= 15 is 0 Å². The van der Waals surface area contributed by atoms with Gasteiger partial charge in [-0.05, 0) is 12.3 Å². The van der Waals surface area contributed by atoms with Crippen molar-refractivity contribution in [3.63, 3.8) is 0 Å². The minimum Gasteiger partial charge on any atom is -0.299 e. The molecule has 3 heteroatoms. The zero-order valence-electron chi connectivity index (χ0n) is 9.94. The molecule has 1 nitrogen and oxygen atoms in total. The van der Waals surface area contributed by atoms with Gasteiger partial charge in [-0.15, -0.1) is 0 Å². The summed E-state index contributed by atoms with van der Waals surface area (Å²) in [6.07, 6.45) is 0.517. The van der Waals surface area contributed by atoms with Crippen LogP contribution in [0.1, 0.15) is 47.0 Å². The maximum atomic E-state index is 12.6. The molecular weight excluding hydrogens is 198 g/mol. The second-order valence-corrected chi connectivity index (χ2v) is 5.74. The fourth-order valence-electron chi connectivity index (χ4n) is 2.53. The smallest absolute Gasteiger partial charge is 0.248 e. The molecule has 1 aliphatic carbocycles. The molecule has 0 N–H and O–H groups in total. The first kappa shape index (κ1) is 12.6. The van der Waals surface area contributed by atoms with Gasteiger partial charge in [-0.25, -0.2) is 8.78 Å². The van der Waals surface area contributed by atoms with E-state index in [2.05, 4.69) is 0 Å². The Kier molecular flexibility index (Phi) is 3.22. The highest BCUT2D eigenvalue weighted by molar-refractivity contribution is 5.85. The molecule has 88 valence electrons. The monoisotopic (exact) mass is 218 g/mol. The summed E-state index contributed by atoms with van der Waals surface area (Å²) in [5, 5.41) is 0. The number of rotatable bonds is 4. The number of hydrogen-bond acceptors (Lipinski definition) is 1. The SMILES string of the molecule is CC(C)C(=O)C(C)(C)CC1CC(F)(F)C1. The summed E-state index contributed by atoms with van der Waals surface area (Å²) >= 11 is 0. The minimum atomic E-state index is -2.47. The van der Waals surface area contributed by atoms with Crippen molar-refractivity contribution in [2.45, 2.75) is 52.9 Å². The Bertz CT molecular complexity index is 248. The zero-order valence-corrected chi connectivity index (χ0v) is 9.94. The van der Waals surface area contributed by atoms with Gasteiger partial charge in [0.2, 0.25) is 5.92 Å². The lowest BCUT2D eigenvalue weighted by Crippen LogP contribution is -2.40. The molecule has 0 aromatic heterocycles. The zero-order chi connectivity index (χ0) is 11.9. The summed E-state index contributed by atoms with van der Waals surface area (Å²) in [7, 11) is 0. The van der Waals surface area contributed by atoms with Gasteiger partial charge in [-0.2, -0.15) is 0 Å². The third-order valence-electron chi connectivity index (χ3n) is 3.17. The molecule has 0 saturated heterocycles. The number of halogens is 2. The summed E-state index contributed by atoms with van der Waals surface area (Å²) in [6.45, 7) is 7.45. The van der Waals surface area contributed by atoms with Gasteiger partial charge < -0.3 is 0 Å². The molecule has 0 aliphatic heterocycles. The number of alkyl halides is 2. The lowest BCUT2D eigenvalue weighted by atomic mass is 9.68. The van der Waals surface area contributed by atoms with E-state index in [1.807, 2.05) is 27.7 Å². The predicted molar refractivity (Wildman–Crippen MR) is 55.9 cm³/mol. The predicted octanol–water partition coefficient (Wildman–Crippen LogP) is 3.67. The number of ketones is 1. The van der Waals surface area contributed by atoms with Crippen molar-refractivity contribution in [1.82, 2.24) is 0 Å². The van der Waals surface area contributed by atoms with Gasteiger partial charge in [0.05, 0.1) is 0 Å². The van der Waals surface area contributed by atoms with Gasteiger partial charge in [0.15, 0.2) is 0 Å². The number of Topliss-reactive ketones (excluding diaryl/α,β-unsaturated/α-hetero) is 1. The van der Waals surface area contributed by atoms with Gasteiger partial charge >= 0.3 is 0 Å². The van der Waals surface area contributed by atoms with Crippen molar-refractivity contribution in [2.24, 2.45) is 17.3 Å². The van der Waals surface area contributed by atoms with E-state index in [1.54, 1.807) is 0 Å². The van der Waals surface area contributed by atoms with E-state index in [4.69, 9.17) is 0 Å². The van der Waals surface area contributed by atoms with Crippen molar-refractivity contribution >= 4 is 5.78 Å².